The number of rotatable bonds is 7. The molecule has 0 bridgehead atoms. The van der Waals surface area contributed by atoms with Crippen molar-refractivity contribution in [2.75, 3.05) is 5.32 Å². The maximum Gasteiger partial charge on any atom is 0.303 e. The molecule has 0 radical (unpaired) electrons. The van der Waals surface area contributed by atoms with Gasteiger partial charge in [-0.2, -0.15) is 0 Å². The summed E-state index contributed by atoms with van der Waals surface area (Å²) in [5.41, 5.74) is 1.73. The number of carboxylic acids is 1. The minimum absolute atomic E-state index is 0.0408. The predicted octanol–water partition coefficient (Wildman–Crippen LogP) is 3.98. The van der Waals surface area contributed by atoms with E-state index in [1.165, 1.54) is 16.2 Å². The number of fused-ring (bicyclic) bond motifs is 1. The van der Waals surface area contributed by atoms with Crippen LogP contribution in [0.15, 0.2) is 0 Å². The summed E-state index contributed by atoms with van der Waals surface area (Å²) in [5, 5.41) is 15.6. The van der Waals surface area contributed by atoms with E-state index < -0.39 is 5.97 Å². The number of nitrogens with one attached hydrogen (secondary N) is 2. The first-order chi connectivity index (χ1) is 13.3. The molecule has 0 unspecified atom stereocenters. The molecule has 1 saturated carbocycles. The number of amides is 2. The molecule has 0 aromatic carbocycles. The quantitative estimate of drug-likeness (QED) is 0.638. The van der Waals surface area contributed by atoms with Crippen LogP contribution in [0.5, 0.6) is 0 Å². The summed E-state index contributed by atoms with van der Waals surface area (Å²) in [7, 11) is 0. The van der Waals surface area contributed by atoms with Crippen molar-refractivity contribution in [2.45, 2.75) is 77.7 Å². The third-order valence-electron chi connectivity index (χ3n) is 5.74. The van der Waals surface area contributed by atoms with E-state index in [0.29, 0.717) is 16.5 Å². The van der Waals surface area contributed by atoms with Crippen LogP contribution in [0.2, 0.25) is 0 Å². The lowest BCUT2D eigenvalue weighted by atomic mass is 9.88. The van der Waals surface area contributed by atoms with Crippen LogP contribution in [0.3, 0.4) is 0 Å². The van der Waals surface area contributed by atoms with Gasteiger partial charge in [-0.1, -0.05) is 26.7 Å². The van der Waals surface area contributed by atoms with Crippen molar-refractivity contribution in [1.82, 2.24) is 5.32 Å². The highest BCUT2D eigenvalue weighted by atomic mass is 32.1. The van der Waals surface area contributed by atoms with Crippen LogP contribution in [0, 0.1) is 11.8 Å². The third kappa shape index (κ3) is 5.13. The Labute approximate surface area is 170 Å². The molecule has 6 nitrogen and oxygen atoms in total. The van der Waals surface area contributed by atoms with Crippen molar-refractivity contribution < 1.29 is 19.5 Å². The molecule has 1 fully saturated rings. The Bertz CT molecular complexity index is 752. The smallest absolute Gasteiger partial charge is 0.303 e. The van der Waals surface area contributed by atoms with Gasteiger partial charge < -0.3 is 15.7 Å². The summed E-state index contributed by atoms with van der Waals surface area (Å²) < 4.78 is 0. The van der Waals surface area contributed by atoms with Crippen molar-refractivity contribution in [3.63, 3.8) is 0 Å². The second-order valence-electron chi connectivity index (χ2n) is 8.47. The molecular formula is C21H30N2O4S. The van der Waals surface area contributed by atoms with Crippen LogP contribution in [0.4, 0.5) is 5.00 Å². The Morgan fingerprint density at radius 2 is 1.89 bits per heavy atom. The molecule has 28 heavy (non-hydrogen) atoms. The molecule has 1 aromatic heterocycles. The normalized spacial score (nSPS) is 20.4. The summed E-state index contributed by atoms with van der Waals surface area (Å²) in [6.45, 7) is 3.97. The number of carbonyl (C=O) groups is 3. The van der Waals surface area contributed by atoms with Crippen molar-refractivity contribution >= 4 is 34.1 Å². The van der Waals surface area contributed by atoms with Gasteiger partial charge in [-0.05, 0) is 49.5 Å². The number of carbonyl (C=O) groups excluding carboxylic acids is 2. The molecule has 154 valence electrons. The Balaban J connectivity index is 1.78. The fraction of sp³-hybridized carbons (Fsp3) is 0.667. The first kappa shape index (κ1) is 20.8. The highest BCUT2D eigenvalue weighted by Gasteiger charge is 2.30. The van der Waals surface area contributed by atoms with Gasteiger partial charge in [0.15, 0.2) is 0 Å². The highest BCUT2D eigenvalue weighted by Crippen LogP contribution is 2.40. The van der Waals surface area contributed by atoms with Crippen molar-refractivity contribution in [3.8, 4) is 0 Å². The van der Waals surface area contributed by atoms with Crippen LogP contribution in [0.1, 0.15) is 79.6 Å². The van der Waals surface area contributed by atoms with E-state index in [9.17, 15) is 14.4 Å². The second kappa shape index (κ2) is 9.07. The Morgan fingerprint density at radius 3 is 2.57 bits per heavy atom. The van der Waals surface area contributed by atoms with E-state index >= 15 is 0 Å². The monoisotopic (exact) mass is 406 g/mol. The molecule has 0 spiro atoms. The number of aliphatic carboxylic acids is 1. The maximum absolute atomic E-state index is 13.1. The minimum atomic E-state index is -0.905. The molecule has 2 aliphatic rings. The molecule has 7 heteroatoms. The van der Waals surface area contributed by atoms with Crippen molar-refractivity contribution in [2.24, 2.45) is 11.8 Å². The zero-order valence-corrected chi connectivity index (χ0v) is 17.5. The summed E-state index contributed by atoms with van der Waals surface area (Å²) in [5.74, 6) is -0.875. The van der Waals surface area contributed by atoms with Gasteiger partial charge in [0.25, 0.3) is 5.91 Å². The van der Waals surface area contributed by atoms with Gasteiger partial charge in [-0.3, -0.25) is 14.4 Å². The molecule has 2 amide bonds. The van der Waals surface area contributed by atoms with Gasteiger partial charge in [0.05, 0.1) is 5.56 Å². The average Bonchev–Trinajstić information content (AvgIpc) is 3.20. The number of carboxylic acid groups (broad SMARTS) is 1. The second-order valence-corrected chi connectivity index (χ2v) is 9.57. The fourth-order valence-electron chi connectivity index (χ4n) is 4.27. The van der Waals surface area contributed by atoms with E-state index in [1.807, 2.05) is 0 Å². The van der Waals surface area contributed by atoms with Gasteiger partial charge in [-0.25, -0.2) is 0 Å². The molecule has 0 aliphatic heterocycles. The van der Waals surface area contributed by atoms with Crippen LogP contribution in [-0.4, -0.2) is 28.9 Å². The van der Waals surface area contributed by atoms with Gasteiger partial charge in [0.1, 0.15) is 5.00 Å². The Kier molecular flexibility index (Phi) is 6.75. The molecule has 3 N–H and O–H groups in total. The standard InChI is InChI=1S/C21H30N2O4S/c1-12-7-8-15-16(9-12)28-21(23-17(24)10-13(2)11-18(25)26)19(15)20(27)22-14-5-3-4-6-14/h12-14H,3-11H2,1-2H3,(H,22,27)(H,23,24)(H,25,26)/t12-,13-/m1/s1. The molecule has 1 heterocycles. The third-order valence-corrected chi connectivity index (χ3v) is 6.91. The first-order valence-corrected chi connectivity index (χ1v) is 11.1. The number of anilines is 1. The predicted molar refractivity (Wildman–Crippen MR) is 110 cm³/mol. The molecule has 2 aliphatic carbocycles. The number of hydrogen-bond donors (Lipinski definition) is 3. The highest BCUT2D eigenvalue weighted by molar-refractivity contribution is 7.17. The van der Waals surface area contributed by atoms with Crippen LogP contribution < -0.4 is 10.6 Å². The average molecular weight is 407 g/mol. The zero-order valence-electron chi connectivity index (χ0n) is 16.7. The summed E-state index contributed by atoms with van der Waals surface area (Å²) in [6.07, 6.45) is 7.28. The lowest BCUT2D eigenvalue weighted by Gasteiger charge is -2.19. The van der Waals surface area contributed by atoms with E-state index in [4.69, 9.17) is 5.11 Å². The van der Waals surface area contributed by atoms with E-state index in [0.717, 1.165) is 50.5 Å². The van der Waals surface area contributed by atoms with E-state index in [-0.39, 0.29) is 36.6 Å². The van der Waals surface area contributed by atoms with Crippen molar-refractivity contribution in [1.29, 1.82) is 0 Å². The summed E-state index contributed by atoms with van der Waals surface area (Å²) in [4.78, 5) is 37.6. The van der Waals surface area contributed by atoms with Gasteiger partial charge in [0.2, 0.25) is 5.91 Å². The SMILES string of the molecule is C[C@@H]1CCc2c(sc(NC(=O)C[C@@H](C)CC(=O)O)c2C(=O)NC2CCCC2)C1. The zero-order chi connectivity index (χ0) is 20.3. The van der Waals surface area contributed by atoms with Crippen LogP contribution >= 0.6 is 11.3 Å². The van der Waals surface area contributed by atoms with E-state index in [2.05, 4.69) is 17.6 Å². The largest absolute Gasteiger partial charge is 0.481 e. The summed E-state index contributed by atoms with van der Waals surface area (Å²) >= 11 is 1.51. The molecule has 0 saturated heterocycles. The number of thiophene rings is 1. The Hall–Kier alpha value is -1.89. The Morgan fingerprint density at radius 1 is 1.18 bits per heavy atom. The first-order valence-electron chi connectivity index (χ1n) is 10.3. The topological polar surface area (TPSA) is 95.5 Å². The lowest BCUT2D eigenvalue weighted by molar-refractivity contribution is -0.138. The van der Waals surface area contributed by atoms with Gasteiger partial charge in [0, 0.05) is 23.8 Å². The van der Waals surface area contributed by atoms with Gasteiger partial charge >= 0.3 is 5.97 Å². The summed E-state index contributed by atoms with van der Waals surface area (Å²) in [6, 6.07) is 0.227. The number of hydrogen-bond acceptors (Lipinski definition) is 4. The molecular weight excluding hydrogens is 376 g/mol. The molecule has 2 atom stereocenters. The maximum atomic E-state index is 13.1. The molecule has 1 aromatic rings. The minimum Gasteiger partial charge on any atom is -0.481 e. The van der Waals surface area contributed by atoms with Gasteiger partial charge in [-0.15, -0.1) is 11.3 Å². The van der Waals surface area contributed by atoms with E-state index in [1.54, 1.807) is 6.92 Å². The fourth-order valence-corrected chi connectivity index (χ4v) is 5.70. The van der Waals surface area contributed by atoms with Crippen molar-refractivity contribution in [3.05, 3.63) is 16.0 Å². The van der Waals surface area contributed by atoms with Crippen LogP contribution in [-0.2, 0) is 22.4 Å². The molecule has 3 rings (SSSR count). The lowest BCUT2D eigenvalue weighted by Crippen LogP contribution is -2.33. The van der Waals surface area contributed by atoms with Crippen LogP contribution in [0.25, 0.3) is 0 Å².